The molecule has 1 saturated carbocycles. The van der Waals surface area contributed by atoms with E-state index in [2.05, 4.69) is 11.2 Å². The Balaban J connectivity index is 2.68. The molecule has 4 nitrogen and oxygen atoms in total. The first-order valence-corrected chi connectivity index (χ1v) is 5.45. The summed E-state index contributed by atoms with van der Waals surface area (Å²) in [5.74, 6) is 0.535. The summed E-state index contributed by atoms with van der Waals surface area (Å²) in [6.45, 7) is 3.67. The third kappa shape index (κ3) is 2.75. The minimum atomic E-state index is -0.891. The Hall–Kier alpha value is -1.50. The number of carboxylic acids is 1. The Bertz CT molecular complexity index is 332. The van der Waals surface area contributed by atoms with Gasteiger partial charge in [0.25, 0.3) is 0 Å². The SMILES string of the molecule is C#CC(C)NC(=O)C1CC(C)CC1C(=O)O. The number of hydrogen-bond acceptors (Lipinski definition) is 2. The van der Waals surface area contributed by atoms with Gasteiger partial charge < -0.3 is 10.4 Å². The average Bonchev–Trinajstić information content (AvgIpc) is 2.60. The molecule has 0 saturated heterocycles. The second kappa shape index (κ2) is 5.02. The average molecular weight is 223 g/mol. The molecule has 0 aromatic rings. The second-order valence-electron chi connectivity index (χ2n) is 4.52. The van der Waals surface area contributed by atoms with Crippen LogP contribution < -0.4 is 5.32 Å². The van der Waals surface area contributed by atoms with Crippen LogP contribution >= 0.6 is 0 Å². The molecular weight excluding hydrogens is 206 g/mol. The fourth-order valence-corrected chi connectivity index (χ4v) is 2.22. The molecule has 1 amide bonds. The maximum atomic E-state index is 11.8. The summed E-state index contributed by atoms with van der Waals surface area (Å²) < 4.78 is 0. The predicted octanol–water partition coefficient (Wildman–Crippen LogP) is 0.871. The molecule has 88 valence electrons. The van der Waals surface area contributed by atoms with Gasteiger partial charge in [-0.15, -0.1) is 6.42 Å². The summed E-state index contributed by atoms with van der Waals surface area (Å²) in [4.78, 5) is 22.8. The molecule has 1 rings (SSSR count). The molecule has 2 N–H and O–H groups in total. The minimum Gasteiger partial charge on any atom is -0.481 e. The standard InChI is InChI=1S/C12H17NO3/c1-4-8(3)13-11(14)9-5-7(2)6-10(9)12(15)16/h1,7-10H,5-6H2,2-3H3,(H,13,14)(H,15,16). The zero-order valence-electron chi connectivity index (χ0n) is 9.56. The van der Waals surface area contributed by atoms with E-state index >= 15 is 0 Å². The summed E-state index contributed by atoms with van der Waals surface area (Å²) >= 11 is 0. The Morgan fingerprint density at radius 1 is 1.44 bits per heavy atom. The van der Waals surface area contributed by atoms with E-state index in [-0.39, 0.29) is 17.9 Å². The molecule has 0 aliphatic heterocycles. The Morgan fingerprint density at radius 3 is 2.50 bits per heavy atom. The van der Waals surface area contributed by atoms with Gasteiger partial charge in [0.1, 0.15) is 0 Å². The number of amides is 1. The number of terminal acetylenes is 1. The minimum absolute atomic E-state index is 0.234. The van der Waals surface area contributed by atoms with E-state index in [0.29, 0.717) is 12.8 Å². The van der Waals surface area contributed by atoms with E-state index in [1.54, 1.807) is 6.92 Å². The molecule has 0 aromatic heterocycles. The van der Waals surface area contributed by atoms with Crippen LogP contribution in [0.5, 0.6) is 0 Å². The molecule has 16 heavy (non-hydrogen) atoms. The second-order valence-corrected chi connectivity index (χ2v) is 4.52. The van der Waals surface area contributed by atoms with Gasteiger partial charge in [0.15, 0.2) is 0 Å². The van der Waals surface area contributed by atoms with Crippen LogP contribution in [-0.4, -0.2) is 23.0 Å². The summed E-state index contributed by atoms with van der Waals surface area (Å²) in [6, 6.07) is -0.349. The molecule has 1 aliphatic rings. The zero-order chi connectivity index (χ0) is 12.3. The number of carbonyl (C=O) groups excluding carboxylic acids is 1. The van der Waals surface area contributed by atoms with Crippen molar-refractivity contribution in [3.63, 3.8) is 0 Å². The molecule has 0 aromatic carbocycles. The highest BCUT2D eigenvalue weighted by atomic mass is 16.4. The molecule has 0 spiro atoms. The van der Waals surface area contributed by atoms with Crippen molar-refractivity contribution in [3.8, 4) is 12.3 Å². The van der Waals surface area contributed by atoms with Crippen LogP contribution in [0.15, 0.2) is 0 Å². The third-order valence-corrected chi connectivity index (χ3v) is 3.06. The van der Waals surface area contributed by atoms with Gasteiger partial charge in [-0.2, -0.15) is 0 Å². The topological polar surface area (TPSA) is 66.4 Å². The summed E-state index contributed by atoms with van der Waals surface area (Å²) in [5, 5.41) is 11.7. The van der Waals surface area contributed by atoms with Crippen molar-refractivity contribution in [3.05, 3.63) is 0 Å². The molecule has 4 atom stereocenters. The van der Waals surface area contributed by atoms with Gasteiger partial charge in [0, 0.05) is 0 Å². The first-order chi connectivity index (χ1) is 7.45. The third-order valence-electron chi connectivity index (χ3n) is 3.06. The molecule has 0 bridgehead atoms. The van der Waals surface area contributed by atoms with Gasteiger partial charge in [0.2, 0.25) is 5.91 Å². The lowest BCUT2D eigenvalue weighted by Gasteiger charge is -2.16. The number of carboxylic acid groups (broad SMARTS) is 1. The van der Waals surface area contributed by atoms with Gasteiger partial charge in [-0.1, -0.05) is 12.8 Å². The largest absolute Gasteiger partial charge is 0.481 e. The van der Waals surface area contributed by atoms with Crippen LogP contribution in [0.25, 0.3) is 0 Å². The van der Waals surface area contributed by atoms with E-state index in [1.807, 2.05) is 6.92 Å². The monoisotopic (exact) mass is 223 g/mol. The van der Waals surface area contributed by atoms with Crippen LogP contribution in [0.3, 0.4) is 0 Å². The Labute approximate surface area is 95.4 Å². The smallest absolute Gasteiger partial charge is 0.307 e. The van der Waals surface area contributed by atoms with Gasteiger partial charge in [-0.25, -0.2) is 0 Å². The number of carbonyl (C=O) groups is 2. The molecule has 0 radical (unpaired) electrons. The summed E-state index contributed by atoms with van der Waals surface area (Å²) in [6.07, 6.45) is 6.35. The van der Waals surface area contributed by atoms with Crippen molar-refractivity contribution in [2.24, 2.45) is 17.8 Å². The molecule has 4 heteroatoms. The highest BCUT2D eigenvalue weighted by Gasteiger charge is 2.41. The van der Waals surface area contributed by atoms with E-state index < -0.39 is 17.8 Å². The van der Waals surface area contributed by atoms with Gasteiger partial charge in [-0.3, -0.25) is 9.59 Å². The van der Waals surface area contributed by atoms with Crippen LogP contribution in [-0.2, 0) is 9.59 Å². The normalized spacial score (nSPS) is 30.4. The quantitative estimate of drug-likeness (QED) is 0.698. The molecule has 0 heterocycles. The van der Waals surface area contributed by atoms with Gasteiger partial charge in [-0.05, 0) is 25.7 Å². The fraction of sp³-hybridized carbons (Fsp3) is 0.667. The number of nitrogens with one attached hydrogen (secondary N) is 1. The maximum absolute atomic E-state index is 11.8. The molecule has 4 unspecified atom stereocenters. The van der Waals surface area contributed by atoms with Crippen molar-refractivity contribution in [2.75, 3.05) is 0 Å². The van der Waals surface area contributed by atoms with Crippen LogP contribution in [0.4, 0.5) is 0 Å². The van der Waals surface area contributed by atoms with Crippen LogP contribution in [0, 0.1) is 30.1 Å². The highest BCUT2D eigenvalue weighted by Crippen LogP contribution is 2.36. The fourth-order valence-electron chi connectivity index (χ4n) is 2.22. The van der Waals surface area contributed by atoms with Gasteiger partial charge in [0.05, 0.1) is 17.9 Å². The van der Waals surface area contributed by atoms with E-state index in [4.69, 9.17) is 11.5 Å². The molecular formula is C12H17NO3. The van der Waals surface area contributed by atoms with Crippen molar-refractivity contribution in [1.82, 2.24) is 5.32 Å². The van der Waals surface area contributed by atoms with E-state index in [0.717, 1.165) is 0 Å². The maximum Gasteiger partial charge on any atom is 0.307 e. The van der Waals surface area contributed by atoms with Crippen LogP contribution in [0.1, 0.15) is 26.7 Å². The number of hydrogen-bond donors (Lipinski definition) is 2. The lowest BCUT2D eigenvalue weighted by Crippen LogP contribution is -2.39. The van der Waals surface area contributed by atoms with E-state index in [9.17, 15) is 9.59 Å². The lowest BCUT2D eigenvalue weighted by atomic mass is 9.95. The Morgan fingerprint density at radius 2 is 2.00 bits per heavy atom. The van der Waals surface area contributed by atoms with Crippen molar-refractivity contribution in [2.45, 2.75) is 32.7 Å². The van der Waals surface area contributed by atoms with Crippen molar-refractivity contribution < 1.29 is 14.7 Å². The van der Waals surface area contributed by atoms with Crippen LogP contribution in [0.2, 0.25) is 0 Å². The summed E-state index contributed by atoms with van der Waals surface area (Å²) in [7, 11) is 0. The number of aliphatic carboxylic acids is 1. The molecule has 1 fully saturated rings. The Kier molecular flexibility index (Phi) is 3.94. The molecule has 1 aliphatic carbocycles. The van der Waals surface area contributed by atoms with Crippen molar-refractivity contribution >= 4 is 11.9 Å². The first-order valence-electron chi connectivity index (χ1n) is 5.45. The number of rotatable bonds is 3. The summed E-state index contributed by atoms with van der Waals surface area (Å²) in [5.41, 5.74) is 0. The zero-order valence-corrected chi connectivity index (χ0v) is 9.56. The lowest BCUT2D eigenvalue weighted by molar-refractivity contribution is -0.146. The first kappa shape index (κ1) is 12.6. The van der Waals surface area contributed by atoms with E-state index in [1.165, 1.54) is 0 Å². The predicted molar refractivity (Wildman–Crippen MR) is 59.5 cm³/mol. The van der Waals surface area contributed by atoms with Gasteiger partial charge >= 0.3 is 5.97 Å². The highest BCUT2D eigenvalue weighted by molar-refractivity contribution is 5.85. The van der Waals surface area contributed by atoms with Crippen molar-refractivity contribution in [1.29, 1.82) is 0 Å².